The molecule has 0 radical (unpaired) electrons. The molecule has 3 aromatic heterocycles. The summed E-state index contributed by atoms with van der Waals surface area (Å²) in [5.41, 5.74) is 5.18. The van der Waals surface area contributed by atoms with Crippen LogP contribution in [0.4, 0.5) is 21.5 Å². The predicted octanol–water partition coefficient (Wildman–Crippen LogP) is 9.52. The lowest BCUT2D eigenvalue weighted by atomic mass is 9.73. The molecule has 0 unspecified atom stereocenters. The summed E-state index contributed by atoms with van der Waals surface area (Å²) in [6.07, 6.45) is 5.89. The van der Waals surface area contributed by atoms with Gasteiger partial charge < -0.3 is 29.4 Å². The number of halogens is 2. The number of ether oxygens (including phenoxy) is 3. The lowest BCUT2D eigenvalue weighted by molar-refractivity contribution is -0.384. The Morgan fingerprint density at radius 2 is 1.91 bits per heavy atom. The van der Waals surface area contributed by atoms with Gasteiger partial charge in [-0.15, -0.1) is 11.3 Å². The van der Waals surface area contributed by atoms with E-state index in [1.54, 1.807) is 47.9 Å². The molecule has 0 spiro atoms. The van der Waals surface area contributed by atoms with Crippen molar-refractivity contribution in [3.8, 4) is 22.6 Å². The van der Waals surface area contributed by atoms with Crippen LogP contribution in [0.25, 0.3) is 27.7 Å². The number of nitro benzene ring substituents is 1. The number of sulfonamides is 1. The van der Waals surface area contributed by atoms with Crippen LogP contribution in [0, 0.1) is 21.3 Å². The largest absolute Gasteiger partial charge is 0.455 e. The number of benzene rings is 3. The van der Waals surface area contributed by atoms with Crippen LogP contribution in [0.5, 0.6) is 11.5 Å². The maximum absolute atomic E-state index is 14.9. The van der Waals surface area contributed by atoms with Crippen molar-refractivity contribution in [2.75, 3.05) is 69.3 Å². The summed E-state index contributed by atoms with van der Waals surface area (Å²) in [6, 6.07) is 18.8. The van der Waals surface area contributed by atoms with Gasteiger partial charge in [-0.25, -0.2) is 22.5 Å². The van der Waals surface area contributed by atoms with Crippen molar-refractivity contribution in [2.45, 2.75) is 44.1 Å². The third-order valence-corrected chi connectivity index (χ3v) is 15.0. The number of amides is 1. The fourth-order valence-corrected chi connectivity index (χ4v) is 10.9. The number of rotatable bonds is 14. The Bertz CT molecular complexity index is 2980. The van der Waals surface area contributed by atoms with E-state index in [9.17, 15) is 27.7 Å². The van der Waals surface area contributed by atoms with Crippen molar-refractivity contribution in [1.82, 2.24) is 19.6 Å². The quantitative estimate of drug-likeness (QED) is 0.0696. The number of allylic oxidation sites excluding steroid dienone is 1. The SMILES string of the molecule is CC1(C)CCC(CN2CCN(c3ccc(C(=O)NS(=O)(=O)c4ccc(NC[C@H]5COCCO5)c([N+](=O)[O-])c4)c(Oc4cnc5[nH]ccc5c4)c3)CC2)=C(c2cc(-c3ccc(Cl)cc3F)cs2)C1. The maximum Gasteiger partial charge on any atom is 0.293 e. The molecule has 1 aliphatic carbocycles. The maximum atomic E-state index is 14.9. The number of nitrogens with one attached hydrogen (secondary N) is 3. The molecule has 350 valence electrons. The number of thiophene rings is 1. The second-order valence-electron chi connectivity index (χ2n) is 17.7. The number of anilines is 2. The Labute approximate surface area is 396 Å². The molecule has 1 atom stereocenters. The van der Waals surface area contributed by atoms with Gasteiger partial charge in [0.2, 0.25) is 0 Å². The third kappa shape index (κ3) is 10.6. The first kappa shape index (κ1) is 46.2. The molecule has 6 aromatic rings. The summed E-state index contributed by atoms with van der Waals surface area (Å²) < 4.78 is 61.7. The van der Waals surface area contributed by atoms with Crippen LogP contribution in [0.2, 0.25) is 5.02 Å². The molecule has 0 bridgehead atoms. The molecule has 5 heterocycles. The van der Waals surface area contributed by atoms with Crippen LogP contribution >= 0.6 is 22.9 Å². The molecular formula is C48H49ClFN7O8S2. The van der Waals surface area contributed by atoms with Crippen LogP contribution in [-0.2, 0) is 19.5 Å². The number of fused-ring (bicyclic) bond motifs is 1. The molecule has 67 heavy (non-hydrogen) atoms. The normalized spacial score (nSPS) is 18.0. The van der Waals surface area contributed by atoms with E-state index in [0.717, 1.165) is 66.5 Å². The molecule has 9 rings (SSSR count). The van der Waals surface area contributed by atoms with Gasteiger partial charge in [0.1, 0.15) is 28.7 Å². The van der Waals surface area contributed by atoms with E-state index in [4.69, 9.17) is 25.8 Å². The smallest absolute Gasteiger partial charge is 0.293 e. The molecule has 0 saturated carbocycles. The minimum absolute atomic E-state index is 0.0714. The highest BCUT2D eigenvalue weighted by Crippen LogP contribution is 2.46. The van der Waals surface area contributed by atoms with Gasteiger partial charge in [-0.2, -0.15) is 0 Å². The van der Waals surface area contributed by atoms with Crippen molar-refractivity contribution in [1.29, 1.82) is 0 Å². The number of nitrogens with zero attached hydrogens (tertiary/aromatic N) is 4. The lowest BCUT2D eigenvalue weighted by Crippen LogP contribution is -2.47. The second-order valence-corrected chi connectivity index (χ2v) is 20.7. The minimum Gasteiger partial charge on any atom is -0.455 e. The number of piperazine rings is 1. The summed E-state index contributed by atoms with van der Waals surface area (Å²) >= 11 is 7.69. The standard InChI is InChI=1S/C48H49ClFN7O8S2/c1-48(2)11-9-31(40(24-48)45-20-32(29-66-45)38-6-3-33(49)21-41(38)50)27-55-13-15-56(16-14-55)34-4-7-39(44(22-34)65-35-19-30-10-12-51-46(30)53-25-35)47(58)54-67(61,62)37-5-8-42(43(23-37)57(59)60)52-26-36-28-63-17-18-64-36/h3-8,10,12,19-23,25,29,36,52H,9,11,13-18,24,26-28H2,1-2H3,(H,51,53)(H,54,58)/t36-/m0/s1. The molecule has 3 aromatic carbocycles. The molecule has 2 aliphatic heterocycles. The highest BCUT2D eigenvalue weighted by Gasteiger charge is 2.31. The average molecular weight is 971 g/mol. The Balaban J connectivity index is 0.924. The summed E-state index contributed by atoms with van der Waals surface area (Å²) in [6.45, 7) is 9.66. The first-order valence-corrected chi connectivity index (χ1v) is 24.7. The molecule has 3 N–H and O–H groups in total. The van der Waals surface area contributed by atoms with E-state index in [-0.39, 0.29) is 40.9 Å². The van der Waals surface area contributed by atoms with Gasteiger partial charge in [-0.3, -0.25) is 19.8 Å². The number of pyridine rings is 1. The van der Waals surface area contributed by atoms with Gasteiger partial charge in [0.25, 0.3) is 21.6 Å². The Kier molecular flexibility index (Phi) is 13.4. The molecule has 3 aliphatic rings. The fraction of sp³-hybridized carbons (Fsp3) is 0.333. The third-order valence-electron chi connectivity index (χ3n) is 12.4. The van der Waals surface area contributed by atoms with Crippen molar-refractivity contribution in [3.05, 3.63) is 128 Å². The molecule has 19 heteroatoms. The number of aromatic nitrogens is 2. The zero-order valence-corrected chi connectivity index (χ0v) is 39.2. The Morgan fingerprint density at radius 3 is 2.69 bits per heavy atom. The van der Waals surface area contributed by atoms with E-state index in [1.807, 2.05) is 11.4 Å². The number of carbonyl (C=O) groups is 1. The first-order valence-electron chi connectivity index (χ1n) is 21.9. The number of hydrogen-bond acceptors (Lipinski definition) is 13. The molecular weight excluding hydrogens is 921 g/mol. The van der Waals surface area contributed by atoms with Crippen molar-refractivity contribution in [2.24, 2.45) is 5.41 Å². The lowest BCUT2D eigenvalue weighted by Gasteiger charge is -2.39. The molecule has 15 nitrogen and oxygen atoms in total. The van der Waals surface area contributed by atoms with Gasteiger partial charge in [-0.05, 0) is 102 Å². The average Bonchev–Trinajstić information content (AvgIpc) is 4.00. The fourth-order valence-electron chi connectivity index (χ4n) is 8.74. The van der Waals surface area contributed by atoms with Crippen molar-refractivity contribution in [3.63, 3.8) is 0 Å². The summed E-state index contributed by atoms with van der Waals surface area (Å²) in [5.74, 6) is -0.911. The van der Waals surface area contributed by atoms with E-state index >= 15 is 0 Å². The second kappa shape index (κ2) is 19.4. The topological polar surface area (TPSA) is 181 Å². The highest BCUT2D eigenvalue weighted by molar-refractivity contribution is 7.90. The van der Waals surface area contributed by atoms with E-state index in [0.29, 0.717) is 54.9 Å². The monoisotopic (exact) mass is 969 g/mol. The number of aromatic amines is 1. The zero-order valence-electron chi connectivity index (χ0n) is 36.9. The molecule has 2 fully saturated rings. The van der Waals surface area contributed by atoms with Crippen LogP contribution in [0.3, 0.4) is 0 Å². The summed E-state index contributed by atoms with van der Waals surface area (Å²) in [4.78, 5) is 38.1. The van der Waals surface area contributed by atoms with Crippen molar-refractivity contribution >= 4 is 72.5 Å². The van der Waals surface area contributed by atoms with E-state index < -0.39 is 31.4 Å². The van der Waals surface area contributed by atoms with E-state index in [2.05, 4.69) is 49.7 Å². The number of hydrogen-bond donors (Lipinski definition) is 3. The first-order chi connectivity index (χ1) is 32.2. The van der Waals surface area contributed by atoms with Gasteiger partial charge in [0.15, 0.2) is 0 Å². The Hall–Kier alpha value is -5.89. The number of H-pyrrole nitrogens is 1. The summed E-state index contributed by atoms with van der Waals surface area (Å²) in [7, 11) is -4.61. The number of carbonyl (C=O) groups excluding carboxylic acids is 1. The highest BCUT2D eigenvalue weighted by atomic mass is 35.5. The zero-order chi connectivity index (χ0) is 46.9. The van der Waals surface area contributed by atoms with Crippen molar-refractivity contribution < 1.29 is 36.7 Å². The van der Waals surface area contributed by atoms with Gasteiger partial charge in [-0.1, -0.05) is 31.0 Å². The van der Waals surface area contributed by atoms with Gasteiger partial charge in [0.05, 0.1) is 47.5 Å². The minimum atomic E-state index is -4.61. The molecule has 2 saturated heterocycles. The van der Waals surface area contributed by atoms with Crippen LogP contribution in [0.15, 0.2) is 101 Å². The summed E-state index contributed by atoms with van der Waals surface area (Å²) in [5, 5.41) is 18.2. The Morgan fingerprint density at radius 1 is 1.07 bits per heavy atom. The van der Waals surface area contributed by atoms with Crippen LogP contribution in [0.1, 0.15) is 48.3 Å². The van der Waals surface area contributed by atoms with Gasteiger partial charge >= 0.3 is 0 Å². The molecule has 1 amide bonds. The van der Waals surface area contributed by atoms with Crippen LogP contribution in [-0.4, -0.2) is 99.3 Å². The van der Waals surface area contributed by atoms with Gasteiger partial charge in [0, 0.05) is 84.1 Å². The predicted molar refractivity (Wildman–Crippen MR) is 257 cm³/mol. The van der Waals surface area contributed by atoms with Crippen LogP contribution < -0.4 is 19.7 Å². The number of nitro groups is 1. The van der Waals surface area contributed by atoms with E-state index in [1.165, 1.54) is 41.6 Å².